The van der Waals surface area contributed by atoms with Crippen LogP contribution >= 0.6 is 11.3 Å². The van der Waals surface area contributed by atoms with E-state index in [0.29, 0.717) is 46.1 Å². The normalized spacial score (nSPS) is 19.1. The average molecular weight is 589 g/mol. The number of thiazole rings is 1. The number of hydrogen-bond acceptors (Lipinski definition) is 10. The standard InChI is InChI=1S/C31H28N2O8S/c1-15-10-17-11-16(6-9-21(17)41-15)27(34)25-26(18-12-22(38-3)29(40-5)23(13-18)39-4)33(30(36)28(25)35)31-32-20-8-7-19(37-2)14-24(20)42-31/h6-9,11-15,26,34H,10H2,1-5H3/b27-25-. The Morgan fingerprint density at radius 1 is 0.976 bits per heavy atom. The molecule has 11 heteroatoms. The molecule has 0 saturated carbocycles. The maximum Gasteiger partial charge on any atom is 0.301 e. The fourth-order valence-electron chi connectivity index (χ4n) is 5.45. The van der Waals surface area contributed by atoms with E-state index in [1.807, 2.05) is 13.0 Å². The molecule has 0 spiro atoms. The maximum absolute atomic E-state index is 13.8. The number of amides is 1. The van der Waals surface area contributed by atoms with Gasteiger partial charge in [0.2, 0.25) is 5.75 Å². The highest BCUT2D eigenvalue weighted by Gasteiger charge is 2.49. The average Bonchev–Trinajstić information content (AvgIpc) is 3.67. The van der Waals surface area contributed by atoms with Gasteiger partial charge in [-0.15, -0.1) is 0 Å². The lowest BCUT2D eigenvalue weighted by molar-refractivity contribution is -0.132. The second-order valence-electron chi connectivity index (χ2n) is 9.91. The Balaban J connectivity index is 1.58. The van der Waals surface area contributed by atoms with E-state index in [0.717, 1.165) is 16.0 Å². The van der Waals surface area contributed by atoms with E-state index < -0.39 is 17.7 Å². The third kappa shape index (κ3) is 4.37. The second kappa shape index (κ2) is 10.6. The van der Waals surface area contributed by atoms with Crippen molar-refractivity contribution in [1.29, 1.82) is 0 Å². The second-order valence-corrected chi connectivity index (χ2v) is 10.9. The molecule has 2 aliphatic rings. The van der Waals surface area contributed by atoms with Crippen molar-refractivity contribution in [3.63, 3.8) is 0 Å². The molecule has 3 aromatic carbocycles. The fourth-order valence-corrected chi connectivity index (χ4v) is 6.47. The van der Waals surface area contributed by atoms with Gasteiger partial charge in [-0.3, -0.25) is 14.5 Å². The molecule has 4 aromatic rings. The summed E-state index contributed by atoms with van der Waals surface area (Å²) in [5.74, 6) is 0.402. The molecule has 3 heterocycles. The lowest BCUT2D eigenvalue weighted by Crippen LogP contribution is -2.29. The van der Waals surface area contributed by atoms with Crippen molar-refractivity contribution < 1.29 is 38.4 Å². The number of carbonyl (C=O) groups excluding carboxylic acids is 2. The molecular formula is C31H28N2O8S. The van der Waals surface area contributed by atoms with E-state index in [-0.39, 0.29) is 22.6 Å². The van der Waals surface area contributed by atoms with Crippen LogP contribution in [0.3, 0.4) is 0 Å². The van der Waals surface area contributed by atoms with Gasteiger partial charge < -0.3 is 28.8 Å². The topological polar surface area (TPSA) is 117 Å². The third-order valence-electron chi connectivity index (χ3n) is 7.41. The highest BCUT2D eigenvalue weighted by molar-refractivity contribution is 7.22. The van der Waals surface area contributed by atoms with E-state index in [4.69, 9.17) is 23.7 Å². The van der Waals surface area contributed by atoms with Gasteiger partial charge in [-0.1, -0.05) is 11.3 Å². The number of hydrogen-bond donors (Lipinski definition) is 1. The molecule has 2 atom stereocenters. The van der Waals surface area contributed by atoms with E-state index in [2.05, 4.69) is 4.98 Å². The van der Waals surface area contributed by atoms with Crippen molar-refractivity contribution in [2.45, 2.75) is 25.5 Å². The zero-order chi connectivity index (χ0) is 29.7. The van der Waals surface area contributed by atoms with Crippen molar-refractivity contribution in [3.8, 4) is 28.7 Å². The van der Waals surface area contributed by atoms with Crippen LogP contribution in [-0.2, 0) is 16.0 Å². The van der Waals surface area contributed by atoms with Crippen LogP contribution in [0.5, 0.6) is 28.7 Å². The number of rotatable bonds is 7. The van der Waals surface area contributed by atoms with Crippen LogP contribution in [0.1, 0.15) is 29.7 Å². The quantitative estimate of drug-likeness (QED) is 0.175. The molecule has 1 fully saturated rings. The summed E-state index contributed by atoms with van der Waals surface area (Å²) in [7, 11) is 6.01. The predicted octanol–water partition coefficient (Wildman–Crippen LogP) is 5.28. The molecule has 1 aromatic heterocycles. The zero-order valence-electron chi connectivity index (χ0n) is 23.6. The molecule has 2 aliphatic heterocycles. The molecule has 1 amide bonds. The van der Waals surface area contributed by atoms with Gasteiger partial charge in [0, 0.05) is 12.0 Å². The first kappa shape index (κ1) is 27.4. The van der Waals surface area contributed by atoms with Crippen LogP contribution in [0.2, 0.25) is 0 Å². The summed E-state index contributed by atoms with van der Waals surface area (Å²) in [6.07, 6.45) is 0.663. The van der Waals surface area contributed by atoms with Gasteiger partial charge in [0.25, 0.3) is 5.78 Å². The molecule has 6 rings (SSSR count). The van der Waals surface area contributed by atoms with Gasteiger partial charge in [-0.05, 0) is 66.6 Å². The van der Waals surface area contributed by atoms with Crippen LogP contribution in [0.25, 0.3) is 16.0 Å². The monoisotopic (exact) mass is 588 g/mol. The highest BCUT2D eigenvalue weighted by Crippen LogP contribution is 2.48. The summed E-state index contributed by atoms with van der Waals surface area (Å²) in [6.45, 7) is 1.96. The molecule has 42 heavy (non-hydrogen) atoms. The Morgan fingerprint density at radius 3 is 2.38 bits per heavy atom. The van der Waals surface area contributed by atoms with E-state index in [1.165, 1.54) is 37.6 Å². The number of aliphatic hydroxyl groups is 1. The van der Waals surface area contributed by atoms with Crippen molar-refractivity contribution in [3.05, 3.63) is 70.8 Å². The molecule has 216 valence electrons. The van der Waals surface area contributed by atoms with Gasteiger partial charge in [-0.25, -0.2) is 4.98 Å². The molecule has 2 unspecified atom stereocenters. The molecule has 1 N–H and O–H groups in total. The lowest BCUT2D eigenvalue weighted by Gasteiger charge is -2.24. The third-order valence-corrected chi connectivity index (χ3v) is 8.42. The largest absolute Gasteiger partial charge is 0.507 e. The first-order chi connectivity index (χ1) is 20.3. The van der Waals surface area contributed by atoms with Gasteiger partial charge in [0.05, 0.1) is 50.3 Å². The fraction of sp³-hybridized carbons (Fsp3) is 0.258. The van der Waals surface area contributed by atoms with Crippen LogP contribution < -0.4 is 28.6 Å². The summed E-state index contributed by atoms with van der Waals surface area (Å²) in [5.41, 5.74) is 2.31. The first-order valence-corrected chi connectivity index (χ1v) is 13.9. The number of benzene rings is 3. The van der Waals surface area contributed by atoms with Crippen LogP contribution in [0.15, 0.2) is 54.1 Å². The Hall–Kier alpha value is -4.77. The van der Waals surface area contributed by atoms with E-state index >= 15 is 0 Å². The highest BCUT2D eigenvalue weighted by atomic mass is 32.1. The molecule has 1 saturated heterocycles. The minimum absolute atomic E-state index is 0.000125. The van der Waals surface area contributed by atoms with Crippen LogP contribution in [0.4, 0.5) is 5.13 Å². The minimum atomic E-state index is -1.05. The van der Waals surface area contributed by atoms with Gasteiger partial charge >= 0.3 is 5.91 Å². The summed E-state index contributed by atoms with van der Waals surface area (Å²) < 4.78 is 28.6. The number of methoxy groups -OCH3 is 4. The number of Topliss-reactive ketones (excluding diaryl/α,β-unsaturated/α-hetero) is 1. The number of nitrogens with zero attached hydrogens (tertiary/aromatic N) is 2. The molecule has 10 nitrogen and oxygen atoms in total. The molecule has 0 bridgehead atoms. The lowest BCUT2D eigenvalue weighted by atomic mass is 9.94. The number of anilines is 1. The Labute approximate surface area is 245 Å². The van der Waals surface area contributed by atoms with Gasteiger partial charge in [0.15, 0.2) is 16.6 Å². The van der Waals surface area contributed by atoms with Gasteiger partial charge in [-0.2, -0.15) is 0 Å². The molecule has 0 radical (unpaired) electrons. The molecular weight excluding hydrogens is 560 g/mol. The van der Waals surface area contributed by atoms with E-state index in [9.17, 15) is 14.7 Å². The summed E-state index contributed by atoms with van der Waals surface area (Å²) in [6, 6.07) is 12.9. The number of aromatic nitrogens is 1. The number of carbonyl (C=O) groups is 2. The Bertz CT molecular complexity index is 1750. The van der Waals surface area contributed by atoms with Crippen molar-refractivity contribution in [2.75, 3.05) is 33.3 Å². The number of aliphatic hydroxyl groups excluding tert-OH is 1. The van der Waals surface area contributed by atoms with Crippen molar-refractivity contribution in [2.24, 2.45) is 0 Å². The number of ether oxygens (including phenoxy) is 5. The van der Waals surface area contributed by atoms with Gasteiger partial charge in [0.1, 0.15) is 23.4 Å². The SMILES string of the molecule is COc1ccc2nc(N3C(=O)C(=O)/C(=C(\O)c4ccc5c(c4)CC(C)O5)C3c3cc(OC)c(OC)c(OC)c3)sc2c1. The predicted molar refractivity (Wildman–Crippen MR) is 157 cm³/mol. The Kier molecular flexibility index (Phi) is 6.90. The summed E-state index contributed by atoms with van der Waals surface area (Å²) in [4.78, 5) is 33.5. The molecule has 0 aliphatic carbocycles. The maximum atomic E-state index is 13.8. The summed E-state index contributed by atoms with van der Waals surface area (Å²) in [5, 5.41) is 12.0. The summed E-state index contributed by atoms with van der Waals surface area (Å²) >= 11 is 1.24. The zero-order valence-corrected chi connectivity index (χ0v) is 24.4. The smallest absolute Gasteiger partial charge is 0.301 e. The number of ketones is 1. The van der Waals surface area contributed by atoms with E-state index in [1.54, 1.807) is 49.6 Å². The van der Waals surface area contributed by atoms with Crippen molar-refractivity contribution in [1.82, 2.24) is 4.98 Å². The van der Waals surface area contributed by atoms with Crippen LogP contribution in [0, 0.1) is 0 Å². The first-order valence-electron chi connectivity index (χ1n) is 13.1. The van der Waals surface area contributed by atoms with Crippen LogP contribution in [-0.4, -0.2) is 56.3 Å². The minimum Gasteiger partial charge on any atom is -0.507 e. The number of fused-ring (bicyclic) bond motifs is 2. The van der Waals surface area contributed by atoms with Crippen molar-refractivity contribution >= 4 is 44.1 Å². The Morgan fingerprint density at radius 2 is 1.71 bits per heavy atom.